The summed E-state index contributed by atoms with van der Waals surface area (Å²) in [5.74, 6) is 0.161. The molecule has 1 saturated carbocycles. The number of carbonyl (C=O) groups excluding carboxylic acids is 1. The Kier molecular flexibility index (Phi) is 4.38. The molecule has 2 aromatic rings. The van der Waals surface area contributed by atoms with Crippen molar-refractivity contribution >= 4 is 5.91 Å². The predicted molar refractivity (Wildman–Crippen MR) is 76.4 cm³/mol. The highest BCUT2D eigenvalue weighted by atomic mass is 16.3. The van der Waals surface area contributed by atoms with E-state index in [9.17, 15) is 9.90 Å². The lowest BCUT2D eigenvalue weighted by Gasteiger charge is -2.38. The molecule has 116 valence electrons. The first kappa shape index (κ1) is 14.6. The second-order valence-corrected chi connectivity index (χ2v) is 5.63. The Hall–Kier alpha value is -2.35. The van der Waals surface area contributed by atoms with E-state index in [1.807, 2.05) is 12.1 Å². The first-order valence-corrected chi connectivity index (χ1v) is 7.28. The summed E-state index contributed by atoms with van der Waals surface area (Å²) in [4.78, 5) is 16.1. The molecule has 1 fully saturated rings. The molecule has 0 bridgehead atoms. The molecule has 8 heteroatoms. The van der Waals surface area contributed by atoms with Crippen molar-refractivity contribution in [2.75, 3.05) is 0 Å². The van der Waals surface area contributed by atoms with E-state index in [-0.39, 0.29) is 24.6 Å². The zero-order chi connectivity index (χ0) is 15.4. The number of hydrogen-bond acceptors (Lipinski definition) is 6. The van der Waals surface area contributed by atoms with E-state index >= 15 is 0 Å². The predicted octanol–water partition coefficient (Wildman–Crippen LogP) is -0.433. The molecule has 2 heterocycles. The Morgan fingerprint density at radius 2 is 2.18 bits per heavy atom. The van der Waals surface area contributed by atoms with E-state index in [1.165, 1.54) is 11.0 Å². The molecule has 0 unspecified atom stereocenters. The van der Waals surface area contributed by atoms with Crippen LogP contribution in [0.4, 0.5) is 0 Å². The topological polar surface area (TPSA) is 106 Å². The molecule has 3 rings (SSSR count). The van der Waals surface area contributed by atoms with Gasteiger partial charge in [0, 0.05) is 18.4 Å². The molecule has 8 nitrogen and oxygen atoms in total. The van der Waals surface area contributed by atoms with E-state index in [0.717, 1.165) is 24.8 Å². The SMILES string of the molecule is O=C(Cn1cnnn1)N[C@@H](Cc1ccncc1)C1CC(O)C1. The van der Waals surface area contributed by atoms with E-state index < -0.39 is 0 Å². The highest BCUT2D eigenvalue weighted by Crippen LogP contribution is 2.31. The summed E-state index contributed by atoms with van der Waals surface area (Å²) >= 11 is 0. The van der Waals surface area contributed by atoms with Gasteiger partial charge in [0.1, 0.15) is 12.9 Å². The molecule has 0 spiro atoms. The van der Waals surface area contributed by atoms with Crippen LogP contribution in [0.3, 0.4) is 0 Å². The summed E-state index contributed by atoms with van der Waals surface area (Å²) < 4.78 is 1.38. The second-order valence-electron chi connectivity index (χ2n) is 5.63. The van der Waals surface area contributed by atoms with Crippen LogP contribution >= 0.6 is 0 Å². The van der Waals surface area contributed by atoms with Crippen molar-refractivity contribution in [3.63, 3.8) is 0 Å². The number of aliphatic hydroxyl groups is 1. The normalized spacial score (nSPS) is 21.9. The van der Waals surface area contributed by atoms with E-state index in [4.69, 9.17) is 0 Å². The number of hydrogen-bond donors (Lipinski definition) is 2. The lowest BCUT2D eigenvalue weighted by Crippen LogP contribution is -2.49. The van der Waals surface area contributed by atoms with Gasteiger partial charge in [0.2, 0.25) is 5.91 Å². The smallest absolute Gasteiger partial charge is 0.242 e. The number of rotatable bonds is 6. The molecule has 2 N–H and O–H groups in total. The molecule has 0 radical (unpaired) electrons. The van der Waals surface area contributed by atoms with Gasteiger partial charge < -0.3 is 10.4 Å². The van der Waals surface area contributed by atoms with Crippen LogP contribution < -0.4 is 5.32 Å². The van der Waals surface area contributed by atoms with Crippen molar-refractivity contribution < 1.29 is 9.90 Å². The molecule has 22 heavy (non-hydrogen) atoms. The van der Waals surface area contributed by atoms with Crippen LogP contribution in [0.25, 0.3) is 0 Å². The molecule has 0 aliphatic heterocycles. The standard InChI is InChI=1S/C14H18N6O2/c21-12-6-11(7-12)13(5-10-1-3-15-4-2-10)17-14(22)8-20-9-16-18-19-20/h1-4,9,11-13,21H,5-8H2,(H,17,22)/t11?,12?,13-/m0/s1. The fourth-order valence-electron chi connectivity index (χ4n) is 2.72. The minimum absolute atomic E-state index is 0.00483. The van der Waals surface area contributed by atoms with Crippen LogP contribution in [0.1, 0.15) is 18.4 Å². The van der Waals surface area contributed by atoms with Gasteiger partial charge in [0.25, 0.3) is 0 Å². The Bertz CT molecular complexity index is 597. The Balaban J connectivity index is 1.62. The van der Waals surface area contributed by atoms with Crippen LogP contribution in [0.2, 0.25) is 0 Å². The number of tetrazole rings is 1. The van der Waals surface area contributed by atoms with Gasteiger partial charge in [0.15, 0.2) is 0 Å². The fourth-order valence-corrected chi connectivity index (χ4v) is 2.72. The summed E-state index contributed by atoms with van der Waals surface area (Å²) in [5, 5.41) is 23.3. The molecular formula is C14H18N6O2. The Labute approximate surface area is 127 Å². The van der Waals surface area contributed by atoms with E-state index in [0.29, 0.717) is 5.92 Å². The van der Waals surface area contributed by atoms with Gasteiger partial charge in [-0.2, -0.15) is 0 Å². The maximum atomic E-state index is 12.1. The van der Waals surface area contributed by atoms with E-state index in [2.05, 4.69) is 25.8 Å². The van der Waals surface area contributed by atoms with Crippen LogP contribution in [0.15, 0.2) is 30.9 Å². The highest BCUT2D eigenvalue weighted by Gasteiger charge is 2.34. The van der Waals surface area contributed by atoms with Crippen LogP contribution in [-0.4, -0.2) is 48.4 Å². The molecule has 2 aromatic heterocycles. The molecule has 1 aliphatic carbocycles. The molecule has 0 saturated heterocycles. The lowest BCUT2D eigenvalue weighted by atomic mass is 9.75. The second kappa shape index (κ2) is 6.61. The number of nitrogens with one attached hydrogen (secondary N) is 1. The fraction of sp³-hybridized carbons (Fsp3) is 0.500. The maximum absolute atomic E-state index is 12.1. The summed E-state index contributed by atoms with van der Waals surface area (Å²) in [6.07, 6.45) is 6.81. The zero-order valence-electron chi connectivity index (χ0n) is 12.0. The van der Waals surface area contributed by atoms with Gasteiger partial charge in [0.05, 0.1) is 6.10 Å². The minimum Gasteiger partial charge on any atom is -0.393 e. The van der Waals surface area contributed by atoms with Crippen molar-refractivity contribution in [3.8, 4) is 0 Å². The van der Waals surface area contributed by atoms with Crippen molar-refractivity contribution in [2.24, 2.45) is 5.92 Å². The minimum atomic E-state index is -0.249. The largest absolute Gasteiger partial charge is 0.393 e. The monoisotopic (exact) mass is 302 g/mol. The maximum Gasteiger partial charge on any atom is 0.242 e. The van der Waals surface area contributed by atoms with Gasteiger partial charge in [-0.25, -0.2) is 4.68 Å². The summed E-state index contributed by atoms with van der Waals surface area (Å²) in [6.45, 7) is 0.0924. The summed E-state index contributed by atoms with van der Waals surface area (Å²) in [6, 6.07) is 3.88. The van der Waals surface area contributed by atoms with E-state index in [1.54, 1.807) is 12.4 Å². The summed E-state index contributed by atoms with van der Waals surface area (Å²) in [5.41, 5.74) is 1.11. The third kappa shape index (κ3) is 3.64. The van der Waals surface area contributed by atoms with Crippen molar-refractivity contribution in [2.45, 2.75) is 38.0 Å². The number of amides is 1. The lowest BCUT2D eigenvalue weighted by molar-refractivity contribution is -0.123. The van der Waals surface area contributed by atoms with Crippen LogP contribution in [0, 0.1) is 5.92 Å². The Morgan fingerprint density at radius 3 is 2.82 bits per heavy atom. The molecular weight excluding hydrogens is 284 g/mol. The van der Waals surface area contributed by atoms with Gasteiger partial charge in [-0.3, -0.25) is 9.78 Å². The van der Waals surface area contributed by atoms with Crippen LogP contribution in [-0.2, 0) is 17.8 Å². The average Bonchev–Trinajstić information content (AvgIpc) is 2.97. The average molecular weight is 302 g/mol. The molecule has 1 aliphatic rings. The molecule has 0 aromatic carbocycles. The number of pyridine rings is 1. The number of nitrogens with zero attached hydrogens (tertiary/aromatic N) is 5. The Morgan fingerprint density at radius 1 is 1.41 bits per heavy atom. The third-order valence-corrected chi connectivity index (χ3v) is 3.97. The first-order valence-electron chi connectivity index (χ1n) is 7.28. The number of carbonyl (C=O) groups is 1. The molecule has 1 atom stereocenters. The quantitative estimate of drug-likeness (QED) is 0.750. The van der Waals surface area contributed by atoms with Crippen molar-refractivity contribution in [1.82, 2.24) is 30.5 Å². The summed E-state index contributed by atoms with van der Waals surface area (Å²) in [7, 11) is 0. The van der Waals surface area contributed by atoms with Gasteiger partial charge in [-0.15, -0.1) is 5.10 Å². The van der Waals surface area contributed by atoms with Crippen molar-refractivity contribution in [1.29, 1.82) is 0 Å². The number of aliphatic hydroxyl groups excluding tert-OH is 1. The molecule has 1 amide bonds. The third-order valence-electron chi connectivity index (χ3n) is 3.97. The first-order chi connectivity index (χ1) is 10.7. The van der Waals surface area contributed by atoms with Crippen LogP contribution in [0.5, 0.6) is 0 Å². The number of aromatic nitrogens is 5. The van der Waals surface area contributed by atoms with Gasteiger partial charge in [-0.05, 0) is 53.3 Å². The van der Waals surface area contributed by atoms with Gasteiger partial charge >= 0.3 is 0 Å². The van der Waals surface area contributed by atoms with Gasteiger partial charge in [-0.1, -0.05) is 0 Å². The zero-order valence-corrected chi connectivity index (χ0v) is 12.0. The highest BCUT2D eigenvalue weighted by molar-refractivity contribution is 5.76. The van der Waals surface area contributed by atoms with Crippen molar-refractivity contribution in [3.05, 3.63) is 36.4 Å².